The minimum atomic E-state index is -0.122. The van der Waals surface area contributed by atoms with Crippen molar-refractivity contribution in [2.75, 3.05) is 6.54 Å². The van der Waals surface area contributed by atoms with E-state index in [0.717, 1.165) is 4.43 Å². The first-order chi connectivity index (χ1) is 6.77. The predicted octanol–water partition coefficient (Wildman–Crippen LogP) is 1.98. The van der Waals surface area contributed by atoms with Gasteiger partial charge in [-0.25, -0.2) is 0 Å². The number of nitrogens with one attached hydrogen (secondary N) is 1. The molecule has 0 atom stereocenters. The fourth-order valence-corrected chi connectivity index (χ4v) is 1.49. The van der Waals surface area contributed by atoms with Crippen LogP contribution in [0, 0.1) is 12.3 Å². The third-order valence-electron chi connectivity index (χ3n) is 1.72. The summed E-state index contributed by atoms with van der Waals surface area (Å²) in [5.41, 5.74) is 1.85. The van der Waals surface area contributed by atoms with Gasteiger partial charge in [0.25, 0.3) is 5.91 Å². The van der Waals surface area contributed by atoms with E-state index in [-0.39, 0.29) is 12.5 Å². The zero-order valence-corrected chi connectivity index (χ0v) is 9.74. The Morgan fingerprint density at radius 2 is 2.07 bits per heavy atom. The van der Waals surface area contributed by atoms with Crippen LogP contribution in [0.25, 0.3) is 0 Å². The van der Waals surface area contributed by atoms with Crippen LogP contribution in [0.4, 0.5) is 0 Å². The molecule has 0 aliphatic rings. The van der Waals surface area contributed by atoms with Crippen LogP contribution in [0.15, 0.2) is 24.3 Å². The van der Waals surface area contributed by atoms with E-state index in [0.29, 0.717) is 5.56 Å². The van der Waals surface area contributed by atoms with E-state index in [2.05, 4.69) is 33.8 Å². The second-order valence-electron chi connectivity index (χ2n) is 2.72. The highest BCUT2D eigenvalue weighted by molar-refractivity contribution is 14.1. The van der Waals surface area contributed by atoms with Crippen LogP contribution in [0.2, 0.25) is 0 Å². The molecule has 0 heterocycles. The molecule has 1 aromatic rings. The lowest BCUT2D eigenvalue weighted by Gasteiger charge is -2.01. The minimum Gasteiger partial charge on any atom is -0.341 e. The number of carbonyl (C=O) groups is 1. The van der Waals surface area contributed by atoms with Gasteiger partial charge in [-0.2, -0.15) is 0 Å². The number of amides is 1. The topological polar surface area (TPSA) is 29.1 Å². The van der Waals surface area contributed by atoms with Crippen LogP contribution >= 0.6 is 22.6 Å². The molecule has 72 valence electrons. The summed E-state index contributed by atoms with van der Waals surface area (Å²) in [4.78, 5) is 11.4. The molecule has 0 bridgehead atoms. The van der Waals surface area contributed by atoms with Crippen LogP contribution in [-0.4, -0.2) is 12.5 Å². The Labute approximate surface area is 97.2 Å². The van der Waals surface area contributed by atoms with Gasteiger partial charge in [-0.1, -0.05) is 40.6 Å². The van der Waals surface area contributed by atoms with Gasteiger partial charge in [0.1, 0.15) is 0 Å². The summed E-state index contributed by atoms with van der Waals surface area (Å²) in [6, 6.07) is 7.49. The number of hydrogen-bond donors (Lipinski definition) is 1. The monoisotopic (exact) mass is 299 g/mol. The van der Waals surface area contributed by atoms with Gasteiger partial charge in [0.15, 0.2) is 0 Å². The number of hydrogen-bond acceptors (Lipinski definition) is 1. The van der Waals surface area contributed by atoms with Crippen molar-refractivity contribution >= 4 is 28.5 Å². The number of rotatable bonds is 3. The molecule has 14 heavy (non-hydrogen) atoms. The van der Waals surface area contributed by atoms with Gasteiger partial charge in [0, 0.05) is 9.99 Å². The van der Waals surface area contributed by atoms with E-state index in [9.17, 15) is 4.79 Å². The van der Waals surface area contributed by atoms with Crippen molar-refractivity contribution in [2.45, 2.75) is 4.43 Å². The molecular formula is C11H10INO. The summed E-state index contributed by atoms with van der Waals surface area (Å²) in [5, 5.41) is 2.61. The molecular weight excluding hydrogens is 289 g/mol. The van der Waals surface area contributed by atoms with Gasteiger partial charge in [-0.15, -0.1) is 6.42 Å². The van der Waals surface area contributed by atoms with Crippen molar-refractivity contribution in [3.8, 4) is 12.3 Å². The van der Waals surface area contributed by atoms with Gasteiger partial charge in [-0.3, -0.25) is 4.79 Å². The van der Waals surface area contributed by atoms with E-state index in [4.69, 9.17) is 6.42 Å². The van der Waals surface area contributed by atoms with Crippen LogP contribution in [0.3, 0.4) is 0 Å². The average molecular weight is 299 g/mol. The first-order valence-corrected chi connectivity index (χ1v) is 5.67. The molecule has 1 aromatic carbocycles. The van der Waals surface area contributed by atoms with Gasteiger partial charge < -0.3 is 5.32 Å². The Morgan fingerprint density at radius 3 is 2.57 bits per heavy atom. The normalized spacial score (nSPS) is 9.14. The number of terminal acetylenes is 1. The molecule has 0 aliphatic heterocycles. The molecule has 3 heteroatoms. The molecule has 1 amide bonds. The van der Waals surface area contributed by atoms with E-state index in [1.54, 1.807) is 12.1 Å². The van der Waals surface area contributed by atoms with Crippen molar-refractivity contribution in [1.29, 1.82) is 0 Å². The molecule has 2 nitrogen and oxygen atoms in total. The fraction of sp³-hybridized carbons (Fsp3) is 0.182. The molecule has 1 N–H and O–H groups in total. The van der Waals surface area contributed by atoms with Gasteiger partial charge >= 0.3 is 0 Å². The molecule has 0 radical (unpaired) electrons. The molecule has 0 aliphatic carbocycles. The molecule has 0 saturated heterocycles. The summed E-state index contributed by atoms with van der Waals surface area (Å²) in [5.74, 6) is 2.24. The summed E-state index contributed by atoms with van der Waals surface area (Å²) in [6.07, 6.45) is 5.03. The van der Waals surface area contributed by atoms with Crippen molar-refractivity contribution in [3.63, 3.8) is 0 Å². The van der Waals surface area contributed by atoms with Crippen LogP contribution < -0.4 is 5.32 Å². The molecule has 0 unspecified atom stereocenters. The van der Waals surface area contributed by atoms with Crippen molar-refractivity contribution in [1.82, 2.24) is 5.32 Å². The van der Waals surface area contributed by atoms with Crippen molar-refractivity contribution in [2.24, 2.45) is 0 Å². The summed E-state index contributed by atoms with van der Waals surface area (Å²) < 4.78 is 0.948. The maximum Gasteiger partial charge on any atom is 0.252 e. The van der Waals surface area contributed by atoms with Gasteiger partial charge in [-0.05, 0) is 17.7 Å². The Kier molecular flexibility index (Phi) is 4.47. The van der Waals surface area contributed by atoms with Gasteiger partial charge in [0.2, 0.25) is 0 Å². The maximum absolute atomic E-state index is 11.4. The van der Waals surface area contributed by atoms with E-state index in [1.807, 2.05) is 12.1 Å². The highest BCUT2D eigenvalue weighted by Crippen LogP contribution is 2.07. The zero-order valence-electron chi connectivity index (χ0n) is 7.59. The second-order valence-corrected chi connectivity index (χ2v) is 3.48. The highest BCUT2D eigenvalue weighted by atomic mass is 127. The molecule has 0 aromatic heterocycles. The highest BCUT2D eigenvalue weighted by Gasteiger charge is 2.02. The average Bonchev–Trinajstić information content (AvgIpc) is 2.26. The van der Waals surface area contributed by atoms with Gasteiger partial charge in [0.05, 0.1) is 6.54 Å². The van der Waals surface area contributed by atoms with E-state index >= 15 is 0 Å². The Bertz CT molecular complexity index is 351. The smallest absolute Gasteiger partial charge is 0.252 e. The van der Waals surface area contributed by atoms with E-state index < -0.39 is 0 Å². The lowest BCUT2D eigenvalue weighted by Crippen LogP contribution is -2.23. The first-order valence-electron chi connectivity index (χ1n) is 4.14. The number of alkyl halides is 1. The summed E-state index contributed by atoms with van der Waals surface area (Å²) in [7, 11) is 0. The van der Waals surface area contributed by atoms with Crippen LogP contribution in [0.1, 0.15) is 15.9 Å². The fourth-order valence-electron chi connectivity index (χ4n) is 0.979. The molecule has 1 rings (SSSR count). The minimum absolute atomic E-state index is 0.122. The zero-order chi connectivity index (χ0) is 10.4. The maximum atomic E-state index is 11.4. The number of benzene rings is 1. The second kappa shape index (κ2) is 5.66. The largest absolute Gasteiger partial charge is 0.341 e. The number of carbonyl (C=O) groups excluding carboxylic acids is 1. The quantitative estimate of drug-likeness (QED) is 0.516. The first kappa shape index (κ1) is 11.1. The number of halogens is 1. The SMILES string of the molecule is C#CCNC(=O)c1ccc(CI)cc1. The lowest BCUT2D eigenvalue weighted by atomic mass is 10.1. The molecule has 0 spiro atoms. The van der Waals surface area contributed by atoms with Crippen LogP contribution in [-0.2, 0) is 4.43 Å². The van der Waals surface area contributed by atoms with Crippen LogP contribution in [0.5, 0.6) is 0 Å². The van der Waals surface area contributed by atoms with E-state index in [1.165, 1.54) is 5.56 Å². The lowest BCUT2D eigenvalue weighted by molar-refractivity contribution is 0.0958. The summed E-state index contributed by atoms with van der Waals surface area (Å²) in [6.45, 7) is 0.271. The van der Waals surface area contributed by atoms with Crippen molar-refractivity contribution < 1.29 is 4.79 Å². The predicted molar refractivity (Wildman–Crippen MR) is 65.3 cm³/mol. The third-order valence-corrected chi connectivity index (χ3v) is 2.60. The van der Waals surface area contributed by atoms with Crippen molar-refractivity contribution in [3.05, 3.63) is 35.4 Å². The third kappa shape index (κ3) is 3.04. The molecule has 0 saturated carbocycles. The Balaban J connectivity index is 2.67. The standard InChI is InChI=1S/C11H10INO/c1-2-7-13-11(14)10-5-3-9(8-12)4-6-10/h1,3-6H,7-8H2,(H,13,14). The Morgan fingerprint density at radius 1 is 1.43 bits per heavy atom. The summed E-state index contributed by atoms with van der Waals surface area (Å²) >= 11 is 2.28. The Hall–Kier alpha value is -1.02. The molecule has 0 fully saturated rings.